The molecular formula is C24H21ClFNO3. The molecule has 0 fully saturated rings. The van der Waals surface area contributed by atoms with Crippen molar-refractivity contribution in [2.75, 3.05) is 13.2 Å². The summed E-state index contributed by atoms with van der Waals surface area (Å²) in [5.41, 5.74) is 5.06. The Labute approximate surface area is 179 Å². The summed E-state index contributed by atoms with van der Waals surface area (Å²) >= 11 is 5.74. The van der Waals surface area contributed by atoms with Crippen molar-refractivity contribution in [1.29, 1.82) is 0 Å². The zero-order chi connectivity index (χ0) is 21.1. The Kier molecular flexibility index (Phi) is 6.02. The van der Waals surface area contributed by atoms with Gasteiger partial charge in [-0.1, -0.05) is 66.2 Å². The summed E-state index contributed by atoms with van der Waals surface area (Å²) in [6.45, 7) is 0.0131. The fourth-order valence-electron chi connectivity index (χ4n) is 3.96. The van der Waals surface area contributed by atoms with Crippen LogP contribution >= 0.6 is 11.6 Å². The molecule has 1 aliphatic rings. The number of alkyl carbamates (subject to hydrolysis) is 1. The SMILES string of the molecule is O=C(NC(CCO)c1ccc(Cl)c(F)c1)OCC1c2ccccc2-c2ccccc21. The van der Waals surface area contributed by atoms with E-state index >= 15 is 0 Å². The number of hydrogen-bond acceptors (Lipinski definition) is 3. The van der Waals surface area contributed by atoms with E-state index in [9.17, 15) is 14.3 Å². The number of aliphatic hydroxyl groups excluding tert-OH is 1. The van der Waals surface area contributed by atoms with Gasteiger partial charge in [-0.05, 0) is 46.4 Å². The van der Waals surface area contributed by atoms with Crippen LogP contribution in [0, 0.1) is 5.82 Å². The minimum absolute atomic E-state index is 0.00244. The van der Waals surface area contributed by atoms with E-state index in [1.807, 2.05) is 36.4 Å². The van der Waals surface area contributed by atoms with Crippen LogP contribution in [0.1, 0.15) is 35.1 Å². The molecule has 4 rings (SSSR count). The summed E-state index contributed by atoms with van der Waals surface area (Å²) in [5, 5.41) is 12.1. The van der Waals surface area contributed by atoms with Crippen molar-refractivity contribution in [1.82, 2.24) is 5.32 Å². The molecule has 30 heavy (non-hydrogen) atoms. The van der Waals surface area contributed by atoms with Crippen molar-refractivity contribution < 1.29 is 19.0 Å². The standard InChI is InChI=1S/C24H21ClFNO3/c25-21-10-9-15(13-22(21)26)23(11-12-28)27-24(29)30-14-20-18-7-3-1-5-16(18)17-6-2-4-8-19(17)20/h1-10,13,20,23,28H,11-12,14H2,(H,27,29). The van der Waals surface area contributed by atoms with Gasteiger partial charge in [-0.2, -0.15) is 0 Å². The van der Waals surface area contributed by atoms with Gasteiger partial charge in [0.25, 0.3) is 0 Å². The number of halogens is 2. The van der Waals surface area contributed by atoms with Crippen molar-refractivity contribution in [2.45, 2.75) is 18.4 Å². The molecule has 0 saturated carbocycles. The van der Waals surface area contributed by atoms with Gasteiger partial charge in [0.05, 0.1) is 11.1 Å². The predicted molar refractivity (Wildman–Crippen MR) is 114 cm³/mol. The molecular weight excluding hydrogens is 405 g/mol. The Balaban J connectivity index is 1.47. The molecule has 4 nitrogen and oxygen atoms in total. The van der Waals surface area contributed by atoms with Gasteiger partial charge in [0, 0.05) is 12.5 Å². The topological polar surface area (TPSA) is 58.6 Å². The molecule has 2 N–H and O–H groups in total. The first-order chi connectivity index (χ1) is 14.6. The van der Waals surface area contributed by atoms with Crippen molar-refractivity contribution in [2.24, 2.45) is 0 Å². The van der Waals surface area contributed by atoms with Crippen molar-refractivity contribution in [3.63, 3.8) is 0 Å². The van der Waals surface area contributed by atoms with Crippen LogP contribution in [0.2, 0.25) is 5.02 Å². The second-order valence-corrected chi connectivity index (χ2v) is 7.62. The number of benzene rings is 3. The second kappa shape index (κ2) is 8.86. The Hall–Kier alpha value is -2.89. The third-order valence-electron chi connectivity index (χ3n) is 5.40. The number of hydrogen-bond donors (Lipinski definition) is 2. The summed E-state index contributed by atoms with van der Waals surface area (Å²) in [6.07, 6.45) is -0.392. The van der Waals surface area contributed by atoms with Crippen molar-refractivity contribution >= 4 is 17.7 Å². The van der Waals surface area contributed by atoms with Crippen LogP contribution in [-0.2, 0) is 4.74 Å². The van der Waals surface area contributed by atoms with E-state index in [-0.39, 0.29) is 30.6 Å². The van der Waals surface area contributed by atoms with E-state index in [4.69, 9.17) is 16.3 Å². The van der Waals surface area contributed by atoms with Crippen LogP contribution in [-0.4, -0.2) is 24.4 Å². The molecule has 154 valence electrons. The van der Waals surface area contributed by atoms with Gasteiger partial charge in [0.15, 0.2) is 0 Å². The molecule has 1 unspecified atom stereocenters. The predicted octanol–water partition coefficient (Wildman–Crippen LogP) is 5.44. The summed E-state index contributed by atoms with van der Waals surface area (Å²) < 4.78 is 19.4. The Morgan fingerprint density at radius 2 is 1.70 bits per heavy atom. The lowest BCUT2D eigenvalue weighted by atomic mass is 9.98. The average molecular weight is 426 g/mol. The normalized spacial score (nSPS) is 13.4. The Bertz CT molecular complexity index is 1030. The second-order valence-electron chi connectivity index (χ2n) is 7.21. The molecule has 1 aliphatic carbocycles. The maximum Gasteiger partial charge on any atom is 0.407 e. The molecule has 1 amide bonds. The minimum Gasteiger partial charge on any atom is -0.449 e. The number of amides is 1. The number of ether oxygens (including phenoxy) is 1. The van der Waals surface area contributed by atoms with Gasteiger partial charge in [-0.25, -0.2) is 9.18 Å². The maximum atomic E-state index is 13.8. The first kappa shape index (κ1) is 20.4. The first-order valence-electron chi connectivity index (χ1n) is 9.76. The number of carbonyl (C=O) groups is 1. The van der Waals surface area contributed by atoms with Crippen LogP contribution < -0.4 is 5.32 Å². The maximum absolute atomic E-state index is 13.8. The van der Waals surface area contributed by atoms with Gasteiger partial charge in [0.1, 0.15) is 12.4 Å². The zero-order valence-electron chi connectivity index (χ0n) is 16.1. The van der Waals surface area contributed by atoms with E-state index in [1.54, 1.807) is 6.07 Å². The van der Waals surface area contributed by atoms with Crippen LogP contribution in [0.15, 0.2) is 66.7 Å². The molecule has 3 aromatic rings. The van der Waals surface area contributed by atoms with Gasteiger partial charge in [-0.15, -0.1) is 0 Å². The minimum atomic E-state index is -0.620. The van der Waals surface area contributed by atoms with Gasteiger partial charge >= 0.3 is 6.09 Å². The lowest BCUT2D eigenvalue weighted by Gasteiger charge is -2.20. The number of fused-ring (bicyclic) bond motifs is 3. The van der Waals surface area contributed by atoms with E-state index in [0.29, 0.717) is 5.56 Å². The molecule has 0 heterocycles. The Morgan fingerprint density at radius 3 is 2.30 bits per heavy atom. The van der Waals surface area contributed by atoms with Crippen molar-refractivity contribution in [3.8, 4) is 11.1 Å². The highest BCUT2D eigenvalue weighted by atomic mass is 35.5. The smallest absolute Gasteiger partial charge is 0.407 e. The van der Waals surface area contributed by atoms with E-state index in [0.717, 1.165) is 22.3 Å². The summed E-state index contributed by atoms with van der Waals surface area (Å²) in [7, 11) is 0. The van der Waals surface area contributed by atoms with Gasteiger partial charge in [0.2, 0.25) is 0 Å². The molecule has 0 aromatic heterocycles. The molecule has 3 aromatic carbocycles. The van der Waals surface area contributed by atoms with Crippen molar-refractivity contribution in [3.05, 3.63) is 94.3 Å². The van der Waals surface area contributed by atoms with Crippen LogP contribution in [0.5, 0.6) is 0 Å². The highest BCUT2D eigenvalue weighted by molar-refractivity contribution is 6.30. The fourth-order valence-corrected chi connectivity index (χ4v) is 4.08. The number of aliphatic hydroxyl groups is 1. The highest BCUT2D eigenvalue weighted by Crippen LogP contribution is 2.44. The lowest BCUT2D eigenvalue weighted by Crippen LogP contribution is -2.31. The largest absolute Gasteiger partial charge is 0.449 e. The van der Waals surface area contributed by atoms with Crippen LogP contribution in [0.4, 0.5) is 9.18 Å². The van der Waals surface area contributed by atoms with E-state index in [2.05, 4.69) is 17.4 Å². The van der Waals surface area contributed by atoms with Crippen LogP contribution in [0.25, 0.3) is 11.1 Å². The monoisotopic (exact) mass is 425 g/mol. The Morgan fingerprint density at radius 1 is 1.07 bits per heavy atom. The molecule has 1 atom stereocenters. The van der Waals surface area contributed by atoms with E-state index < -0.39 is 18.0 Å². The molecule has 0 bridgehead atoms. The third-order valence-corrected chi connectivity index (χ3v) is 5.71. The molecule has 0 saturated heterocycles. The fraction of sp³-hybridized carbons (Fsp3) is 0.208. The zero-order valence-corrected chi connectivity index (χ0v) is 16.9. The lowest BCUT2D eigenvalue weighted by molar-refractivity contribution is 0.136. The van der Waals surface area contributed by atoms with Gasteiger partial charge < -0.3 is 15.2 Å². The average Bonchev–Trinajstić information content (AvgIpc) is 3.08. The first-order valence-corrected chi connectivity index (χ1v) is 10.1. The molecule has 0 radical (unpaired) electrons. The van der Waals surface area contributed by atoms with E-state index in [1.165, 1.54) is 12.1 Å². The summed E-state index contributed by atoms with van der Waals surface area (Å²) in [5.74, 6) is -0.626. The quantitative estimate of drug-likeness (QED) is 0.552. The highest BCUT2D eigenvalue weighted by Gasteiger charge is 2.29. The van der Waals surface area contributed by atoms with Gasteiger partial charge in [-0.3, -0.25) is 0 Å². The third kappa shape index (κ3) is 4.04. The molecule has 0 aliphatic heterocycles. The summed E-state index contributed by atoms with van der Waals surface area (Å²) in [6, 6.07) is 19.9. The molecule has 0 spiro atoms. The number of rotatable bonds is 6. The van der Waals surface area contributed by atoms with Crippen LogP contribution in [0.3, 0.4) is 0 Å². The summed E-state index contributed by atoms with van der Waals surface area (Å²) in [4.78, 5) is 12.5. The number of carbonyl (C=O) groups excluding carboxylic acids is 1. The molecule has 6 heteroatoms. The number of nitrogens with one attached hydrogen (secondary N) is 1.